The number of rotatable bonds is 6. The minimum atomic E-state index is -0.586. The molecule has 1 aliphatic heterocycles. The van der Waals surface area contributed by atoms with Crippen molar-refractivity contribution in [3.63, 3.8) is 0 Å². The number of benzene rings is 2. The fraction of sp³-hybridized carbons (Fsp3) is 0.174. The first-order valence-electron chi connectivity index (χ1n) is 9.45. The minimum absolute atomic E-state index is 0.127. The van der Waals surface area contributed by atoms with Gasteiger partial charge in [-0.1, -0.05) is 11.2 Å². The quantitative estimate of drug-likeness (QED) is 0.434. The van der Waals surface area contributed by atoms with E-state index in [9.17, 15) is 9.18 Å². The number of aromatic nitrogens is 1. The van der Waals surface area contributed by atoms with Gasteiger partial charge in [0.05, 0.1) is 18.4 Å². The zero-order chi connectivity index (χ0) is 22.0. The molecule has 8 heteroatoms. The fourth-order valence-electron chi connectivity index (χ4n) is 3.03. The van der Waals surface area contributed by atoms with E-state index in [4.69, 9.17) is 18.7 Å². The third-order valence-electron chi connectivity index (χ3n) is 4.76. The SMILES string of the molecule is COc1cc(/C=C2\N=C(c3ccc(F)cc3)OC2=O)ccc1OCc1c(C)noc1C. The van der Waals surface area contributed by atoms with Crippen molar-refractivity contribution in [2.24, 2.45) is 4.99 Å². The van der Waals surface area contributed by atoms with Crippen LogP contribution in [0.25, 0.3) is 6.08 Å². The number of carbonyl (C=O) groups excluding carboxylic acids is 1. The van der Waals surface area contributed by atoms with Crippen molar-refractivity contribution >= 4 is 17.9 Å². The van der Waals surface area contributed by atoms with Crippen molar-refractivity contribution < 1.29 is 27.9 Å². The van der Waals surface area contributed by atoms with Gasteiger partial charge in [-0.15, -0.1) is 0 Å². The average molecular weight is 422 g/mol. The molecule has 0 saturated carbocycles. The molecule has 0 amide bonds. The Labute approximate surface area is 177 Å². The van der Waals surface area contributed by atoms with Crippen LogP contribution in [0.2, 0.25) is 0 Å². The van der Waals surface area contributed by atoms with E-state index in [0.29, 0.717) is 28.4 Å². The van der Waals surface area contributed by atoms with Gasteiger partial charge in [0, 0.05) is 5.56 Å². The molecule has 0 N–H and O–H groups in total. The molecule has 0 fully saturated rings. The van der Waals surface area contributed by atoms with Crippen LogP contribution in [0.4, 0.5) is 4.39 Å². The maximum atomic E-state index is 13.1. The molecule has 0 atom stereocenters. The molecule has 158 valence electrons. The summed E-state index contributed by atoms with van der Waals surface area (Å²) in [6.07, 6.45) is 1.58. The first-order valence-corrected chi connectivity index (χ1v) is 9.45. The van der Waals surface area contributed by atoms with Gasteiger partial charge >= 0.3 is 5.97 Å². The van der Waals surface area contributed by atoms with Gasteiger partial charge in [0.2, 0.25) is 5.90 Å². The second-order valence-corrected chi connectivity index (χ2v) is 6.84. The number of carbonyl (C=O) groups is 1. The van der Waals surface area contributed by atoms with Crippen LogP contribution < -0.4 is 9.47 Å². The summed E-state index contributed by atoms with van der Waals surface area (Å²) in [6, 6.07) is 10.8. The van der Waals surface area contributed by atoms with Crippen LogP contribution in [0.5, 0.6) is 11.5 Å². The number of halogens is 1. The predicted octanol–water partition coefficient (Wildman–Crippen LogP) is 4.36. The summed E-state index contributed by atoms with van der Waals surface area (Å²) in [5, 5.41) is 3.91. The van der Waals surface area contributed by atoms with Crippen molar-refractivity contribution in [1.82, 2.24) is 5.16 Å². The second-order valence-electron chi connectivity index (χ2n) is 6.84. The molecule has 7 nitrogen and oxygen atoms in total. The molecule has 2 heterocycles. The van der Waals surface area contributed by atoms with Crippen LogP contribution in [0.3, 0.4) is 0 Å². The smallest absolute Gasteiger partial charge is 0.363 e. The molecule has 31 heavy (non-hydrogen) atoms. The van der Waals surface area contributed by atoms with Gasteiger partial charge in [-0.25, -0.2) is 14.2 Å². The molecule has 0 spiro atoms. The Morgan fingerprint density at radius 1 is 1.10 bits per heavy atom. The Morgan fingerprint density at radius 2 is 1.87 bits per heavy atom. The Morgan fingerprint density at radius 3 is 2.55 bits per heavy atom. The molecule has 4 rings (SSSR count). The summed E-state index contributed by atoms with van der Waals surface area (Å²) in [4.78, 5) is 16.4. The van der Waals surface area contributed by atoms with Crippen molar-refractivity contribution in [2.45, 2.75) is 20.5 Å². The lowest BCUT2D eigenvalue weighted by atomic mass is 10.1. The number of hydrogen-bond acceptors (Lipinski definition) is 7. The summed E-state index contributed by atoms with van der Waals surface area (Å²) in [5.41, 5.74) is 2.97. The lowest BCUT2D eigenvalue weighted by Gasteiger charge is -2.11. The Bertz CT molecular complexity index is 1180. The zero-order valence-electron chi connectivity index (χ0n) is 17.1. The normalized spacial score (nSPS) is 14.5. The Kier molecular flexibility index (Phi) is 5.53. The summed E-state index contributed by atoms with van der Waals surface area (Å²) in [5.74, 6) is 0.893. The van der Waals surface area contributed by atoms with E-state index in [0.717, 1.165) is 11.3 Å². The van der Waals surface area contributed by atoms with Crippen LogP contribution in [0.15, 0.2) is 57.7 Å². The highest BCUT2D eigenvalue weighted by Crippen LogP contribution is 2.31. The lowest BCUT2D eigenvalue weighted by Crippen LogP contribution is -2.05. The van der Waals surface area contributed by atoms with Gasteiger partial charge in [0.25, 0.3) is 0 Å². The van der Waals surface area contributed by atoms with Crippen molar-refractivity contribution in [3.05, 3.63) is 82.1 Å². The van der Waals surface area contributed by atoms with E-state index in [1.54, 1.807) is 24.3 Å². The first-order chi connectivity index (χ1) is 14.9. The van der Waals surface area contributed by atoms with Crippen LogP contribution in [-0.2, 0) is 16.1 Å². The number of aryl methyl sites for hydroxylation is 2. The van der Waals surface area contributed by atoms with Crippen LogP contribution in [-0.4, -0.2) is 24.1 Å². The number of hydrogen-bond donors (Lipinski definition) is 0. The summed E-state index contributed by atoms with van der Waals surface area (Å²) >= 11 is 0. The maximum Gasteiger partial charge on any atom is 0.363 e. The van der Waals surface area contributed by atoms with E-state index < -0.39 is 5.97 Å². The third kappa shape index (κ3) is 4.32. The summed E-state index contributed by atoms with van der Waals surface area (Å²) in [7, 11) is 1.53. The van der Waals surface area contributed by atoms with E-state index in [1.807, 2.05) is 13.8 Å². The van der Waals surface area contributed by atoms with E-state index in [2.05, 4.69) is 10.1 Å². The fourth-order valence-corrected chi connectivity index (χ4v) is 3.03. The Balaban J connectivity index is 1.55. The van der Waals surface area contributed by atoms with Gasteiger partial charge in [0.1, 0.15) is 18.2 Å². The number of cyclic esters (lactones) is 1. The minimum Gasteiger partial charge on any atom is -0.493 e. The molecule has 1 aliphatic rings. The molecule has 0 saturated heterocycles. The number of methoxy groups -OCH3 is 1. The van der Waals surface area contributed by atoms with E-state index in [-0.39, 0.29) is 24.0 Å². The first kappa shape index (κ1) is 20.3. The average Bonchev–Trinajstić information content (AvgIpc) is 3.29. The van der Waals surface area contributed by atoms with Gasteiger partial charge in [-0.2, -0.15) is 0 Å². The van der Waals surface area contributed by atoms with Gasteiger partial charge < -0.3 is 18.7 Å². The molecule has 0 radical (unpaired) electrons. The highest BCUT2D eigenvalue weighted by atomic mass is 19.1. The number of nitrogens with zero attached hydrogens (tertiary/aromatic N) is 2. The number of ether oxygens (including phenoxy) is 3. The maximum absolute atomic E-state index is 13.1. The molecule has 3 aromatic rings. The molecule has 1 aromatic heterocycles. The highest BCUT2D eigenvalue weighted by molar-refractivity contribution is 6.12. The van der Waals surface area contributed by atoms with Crippen molar-refractivity contribution in [2.75, 3.05) is 7.11 Å². The molecule has 0 unspecified atom stereocenters. The third-order valence-corrected chi connectivity index (χ3v) is 4.76. The van der Waals surface area contributed by atoms with Gasteiger partial charge in [-0.05, 0) is 61.9 Å². The molecule has 0 bridgehead atoms. The predicted molar refractivity (Wildman–Crippen MR) is 110 cm³/mol. The van der Waals surface area contributed by atoms with Crippen LogP contribution in [0.1, 0.15) is 28.1 Å². The largest absolute Gasteiger partial charge is 0.493 e. The van der Waals surface area contributed by atoms with E-state index >= 15 is 0 Å². The topological polar surface area (TPSA) is 83.2 Å². The molecular formula is C23H19FN2O5. The zero-order valence-corrected chi connectivity index (χ0v) is 17.1. The highest BCUT2D eigenvalue weighted by Gasteiger charge is 2.24. The van der Waals surface area contributed by atoms with Crippen molar-refractivity contribution in [1.29, 1.82) is 0 Å². The number of esters is 1. The van der Waals surface area contributed by atoms with Crippen LogP contribution >= 0.6 is 0 Å². The monoisotopic (exact) mass is 422 g/mol. The standard InChI is InChI=1S/C23H19FN2O5/c1-13-18(14(2)31-26-13)12-29-20-9-4-15(11-21(20)28-3)10-19-23(27)30-22(25-19)16-5-7-17(24)8-6-16/h4-11H,12H2,1-3H3/b19-10-. The second kappa shape index (κ2) is 8.43. The molecular weight excluding hydrogens is 403 g/mol. The summed E-state index contributed by atoms with van der Waals surface area (Å²) in [6.45, 7) is 3.96. The summed E-state index contributed by atoms with van der Waals surface area (Å²) < 4.78 is 34.8. The number of aliphatic imine (C=N–C) groups is 1. The van der Waals surface area contributed by atoms with E-state index in [1.165, 1.54) is 31.4 Å². The van der Waals surface area contributed by atoms with Gasteiger partial charge in [-0.3, -0.25) is 0 Å². The van der Waals surface area contributed by atoms with Gasteiger partial charge in [0.15, 0.2) is 17.2 Å². The van der Waals surface area contributed by atoms with Crippen LogP contribution in [0, 0.1) is 19.7 Å². The Hall–Kier alpha value is -3.94. The molecule has 0 aliphatic carbocycles. The molecule has 2 aromatic carbocycles. The lowest BCUT2D eigenvalue weighted by molar-refractivity contribution is -0.129. The van der Waals surface area contributed by atoms with Crippen molar-refractivity contribution in [3.8, 4) is 11.5 Å².